The van der Waals surface area contributed by atoms with Crippen molar-refractivity contribution in [3.63, 3.8) is 0 Å². The maximum absolute atomic E-state index is 12.4. The summed E-state index contributed by atoms with van der Waals surface area (Å²) in [5, 5.41) is 12.9. The van der Waals surface area contributed by atoms with Gasteiger partial charge in [-0.3, -0.25) is 14.9 Å². The molecule has 0 saturated heterocycles. The molecule has 0 aliphatic rings. The lowest BCUT2D eigenvalue weighted by molar-refractivity contribution is -0.384. The standard InChI is InChI=1S/C14H9F3N2O5S/c15-14(16,17)25(23,24)12-7-3-10(4-8-12)18-13(20)9-1-5-11(6-2-9)19(21)22/h1-8H,(H,18,20). The maximum Gasteiger partial charge on any atom is 0.501 e. The molecule has 7 nitrogen and oxygen atoms in total. The average molecular weight is 374 g/mol. The SMILES string of the molecule is O=C(Nc1ccc(S(=O)(=O)C(F)(F)F)cc1)c1ccc([N+](=O)[O-])cc1. The Morgan fingerprint density at radius 3 is 1.96 bits per heavy atom. The van der Waals surface area contributed by atoms with Crippen LogP contribution < -0.4 is 5.32 Å². The molecule has 0 radical (unpaired) electrons. The number of halogens is 3. The van der Waals surface area contributed by atoms with Gasteiger partial charge in [-0.1, -0.05) is 0 Å². The molecule has 0 aliphatic heterocycles. The molecule has 0 aromatic heterocycles. The van der Waals surface area contributed by atoms with Crippen molar-refractivity contribution < 1.29 is 31.3 Å². The number of benzene rings is 2. The summed E-state index contributed by atoms with van der Waals surface area (Å²) in [5.41, 5.74) is -5.49. The molecule has 2 aromatic rings. The van der Waals surface area contributed by atoms with Gasteiger partial charge in [0, 0.05) is 23.4 Å². The van der Waals surface area contributed by atoms with E-state index in [0.717, 1.165) is 24.3 Å². The Bertz CT molecular complexity index is 907. The predicted molar refractivity (Wildman–Crippen MR) is 80.7 cm³/mol. The number of nitro groups is 1. The van der Waals surface area contributed by atoms with Gasteiger partial charge in [0.15, 0.2) is 0 Å². The van der Waals surface area contributed by atoms with E-state index in [9.17, 15) is 36.5 Å². The Labute approximate surface area is 139 Å². The molecule has 2 aromatic carbocycles. The van der Waals surface area contributed by atoms with Gasteiger partial charge in [0.2, 0.25) is 0 Å². The number of hydrogen-bond acceptors (Lipinski definition) is 5. The first-order valence-electron chi connectivity index (χ1n) is 6.49. The topological polar surface area (TPSA) is 106 Å². The molecule has 0 saturated carbocycles. The monoisotopic (exact) mass is 374 g/mol. The van der Waals surface area contributed by atoms with Crippen LogP contribution in [-0.4, -0.2) is 24.8 Å². The Morgan fingerprint density at radius 1 is 1.00 bits per heavy atom. The van der Waals surface area contributed by atoms with E-state index < -0.39 is 31.1 Å². The molecule has 1 amide bonds. The minimum absolute atomic E-state index is 0.0597. The van der Waals surface area contributed by atoms with Crippen molar-refractivity contribution in [2.75, 3.05) is 5.32 Å². The number of alkyl halides is 3. The van der Waals surface area contributed by atoms with Crippen molar-refractivity contribution in [1.29, 1.82) is 0 Å². The third-order valence-electron chi connectivity index (χ3n) is 3.07. The normalized spacial score (nSPS) is 11.8. The maximum atomic E-state index is 12.4. The zero-order valence-corrected chi connectivity index (χ0v) is 13.0. The van der Waals surface area contributed by atoms with Crippen molar-refractivity contribution in [3.8, 4) is 0 Å². The number of hydrogen-bond donors (Lipinski definition) is 1. The van der Waals surface area contributed by atoms with Gasteiger partial charge in [-0.15, -0.1) is 0 Å². The average Bonchev–Trinajstić information content (AvgIpc) is 2.54. The lowest BCUT2D eigenvalue weighted by atomic mass is 10.2. The van der Waals surface area contributed by atoms with E-state index in [1.54, 1.807) is 0 Å². The highest BCUT2D eigenvalue weighted by molar-refractivity contribution is 7.92. The Kier molecular flexibility index (Phi) is 4.79. The Morgan fingerprint density at radius 2 is 1.52 bits per heavy atom. The number of amides is 1. The van der Waals surface area contributed by atoms with Crippen LogP contribution in [0.1, 0.15) is 10.4 Å². The molecule has 2 rings (SSSR count). The molecule has 1 N–H and O–H groups in total. The number of sulfone groups is 1. The first kappa shape index (κ1) is 18.4. The van der Waals surface area contributed by atoms with Gasteiger partial charge >= 0.3 is 5.51 Å². The second kappa shape index (κ2) is 6.51. The van der Waals surface area contributed by atoms with Gasteiger partial charge in [-0.05, 0) is 36.4 Å². The van der Waals surface area contributed by atoms with E-state index >= 15 is 0 Å². The molecule has 0 aliphatic carbocycles. The number of nitrogens with one attached hydrogen (secondary N) is 1. The van der Waals surface area contributed by atoms with Crippen molar-refractivity contribution in [2.24, 2.45) is 0 Å². The number of carbonyl (C=O) groups is 1. The molecular formula is C14H9F3N2O5S. The van der Waals surface area contributed by atoms with Gasteiger partial charge in [-0.2, -0.15) is 13.2 Å². The van der Waals surface area contributed by atoms with Crippen LogP contribution in [0.2, 0.25) is 0 Å². The fourth-order valence-corrected chi connectivity index (χ4v) is 2.55. The number of carbonyl (C=O) groups excluding carboxylic acids is 1. The lowest BCUT2D eigenvalue weighted by Gasteiger charge is -2.09. The van der Waals surface area contributed by atoms with E-state index in [4.69, 9.17) is 0 Å². The smallest absolute Gasteiger partial charge is 0.322 e. The van der Waals surface area contributed by atoms with Crippen LogP contribution in [-0.2, 0) is 9.84 Å². The van der Waals surface area contributed by atoms with E-state index in [-0.39, 0.29) is 16.9 Å². The molecule has 11 heteroatoms. The third-order valence-corrected chi connectivity index (χ3v) is 4.57. The van der Waals surface area contributed by atoms with Crippen LogP contribution in [0, 0.1) is 10.1 Å². The van der Waals surface area contributed by atoms with Gasteiger partial charge in [-0.25, -0.2) is 8.42 Å². The molecule has 0 bridgehead atoms. The molecule has 0 atom stereocenters. The minimum atomic E-state index is -5.46. The highest BCUT2D eigenvalue weighted by atomic mass is 32.2. The number of nitro benzene ring substituents is 1. The quantitative estimate of drug-likeness (QED) is 0.654. The van der Waals surface area contributed by atoms with Crippen molar-refractivity contribution in [3.05, 3.63) is 64.2 Å². The number of non-ortho nitro benzene ring substituents is 1. The molecular weight excluding hydrogens is 365 g/mol. The van der Waals surface area contributed by atoms with E-state index in [2.05, 4.69) is 5.32 Å². The van der Waals surface area contributed by atoms with E-state index in [1.807, 2.05) is 0 Å². The predicted octanol–water partition coefficient (Wildman–Crippen LogP) is 3.14. The molecule has 132 valence electrons. The zero-order valence-electron chi connectivity index (χ0n) is 12.1. The molecule has 0 heterocycles. The Hall–Kier alpha value is -2.95. The second-order valence-corrected chi connectivity index (χ2v) is 6.67. The van der Waals surface area contributed by atoms with E-state index in [0.29, 0.717) is 12.1 Å². The van der Waals surface area contributed by atoms with Crippen LogP contribution >= 0.6 is 0 Å². The highest BCUT2D eigenvalue weighted by Crippen LogP contribution is 2.30. The summed E-state index contributed by atoms with van der Waals surface area (Å²) in [5.74, 6) is -0.665. The molecule has 0 unspecified atom stereocenters. The zero-order chi connectivity index (χ0) is 18.8. The second-order valence-electron chi connectivity index (χ2n) is 4.73. The molecule has 0 fully saturated rings. The summed E-state index contributed by atoms with van der Waals surface area (Å²) in [7, 11) is -5.46. The third kappa shape index (κ3) is 3.94. The lowest BCUT2D eigenvalue weighted by Crippen LogP contribution is -2.23. The van der Waals surface area contributed by atoms with Crippen molar-refractivity contribution >= 4 is 27.1 Å². The first-order valence-corrected chi connectivity index (χ1v) is 7.98. The summed E-state index contributed by atoms with van der Waals surface area (Å²) in [6.07, 6.45) is 0. The Balaban J connectivity index is 2.16. The first-order chi connectivity index (χ1) is 11.5. The van der Waals surface area contributed by atoms with Crippen LogP contribution in [0.3, 0.4) is 0 Å². The van der Waals surface area contributed by atoms with Crippen LogP contribution in [0.15, 0.2) is 53.4 Å². The summed E-state index contributed by atoms with van der Waals surface area (Å²) >= 11 is 0. The van der Waals surface area contributed by atoms with E-state index in [1.165, 1.54) is 12.1 Å². The van der Waals surface area contributed by atoms with Crippen LogP contribution in [0.25, 0.3) is 0 Å². The fourth-order valence-electron chi connectivity index (χ4n) is 1.79. The molecule has 25 heavy (non-hydrogen) atoms. The number of anilines is 1. The van der Waals surface area contributed by atoms with Gasteiger partial charge in [0.05, 0.1) is 9.82 Å². The summed E-state index contributed by atoms with van der Waals surface area (Å²) in [4.78, 5) is 20.9. The minimum Gasteiger partial charge on any atom is -0.322 e. The van der Waals surface area contributed by atoms with Gasteiger partial charge < -0.3 is 5.32 Å². The van der Waals surface area contributed by atoms with Crippen LogP contribution in [0.4, 0.5) is 24.5 Å². The summed E-state index contributed by atoms with van der Waals surface area (Å²) in [6.45, 7) is 0. The number of nitrogens with zero attached hydrogens (tertiary/aromatic N) is 1. The van der Waals surface area contributed by atoms with Gasteiger partial charge in [0.25, 0.3) is 21.4 Å². The van der Waals surface area contributed by atoms with Gasteiger partial charge in [0.1, 0.15) is 0 Å². The number of rotatable bonds is 4. The summed E-state index contributed by atoms with van der Waals surface area (Å²) in [6, 6.07) is 8.08. The molecule has 0 spiro atoms. The fraction of sp³-hybridized carbons (Fsp3) is 0.0714. The highest BCUT2D eigenvalue weighted by Gasteiger charge is 2.46. The van der Waals surface area contributed by atoms with Crippen molar-refractivity contribution in [1.82, 2.24) is 0 Å². The van der Waals surface area contributed by atoms with Crippen molar-refractivity contribution in [2.45, 2.75) is 10.4 Å². The summed E-state index contributed by atoms with van der Waals surface area (Å²) < 4.78 is 59.8. The largest absolute Gasteiger partial charge is 0.501 e. The van der Waals surface area contributed by atoms with Crippen LogP contribution in [0.5, 0.6) is 0 Å².